The number of aliphatic carboxylic acids is 1. The summed E-state index contributed by atoms with van der Waals surface area (Å²) in [6, 6.07) is 4.32. The lowest BCUT2D eigenvalue weighted by atomic mass is 10.1. The first-order valence-electron chi connectivity index (χ1n) is 7.28. The maximum atomic E-state index is 13.8. The first-order valence-corrected chi connectivity index (χ1v) is 7.28. The Bertz CT molecular complexity index is 886. The summed E-state index contributed by atoms with van der Waals surface area (Å²) in [6.45, 7) is 1.19. The number of carbonyl (C=O) groups excluding carboxylic acids is 2. The molecule has 0 radical (unpaired) electrons. The van der Waals surface area contributed by atoms with Crippen molar-refractivity contribution < 1.29 is 32.7 Å². The summed E-state index contributed by atoms with van der Waals surface area (Å²) in [4.78, 5) is 34.9. The van der Waals surface area contributed by atoms with Crippen molar-refractivity contribution in [3.8, 4) is 0 Å². The Balaban J connectivity index is 2.22. The standard InChI is InChI=1S/C17H13F3N2O4/c1-8(17(25)26)21-16(24)11-6-9(2-4-12(11)18)15(23)22-10-3-5-13(19)14(20)7-10/h2-8H,1H3,(H,21,24)(H,22,23)(H,25,26)/t8-/m1/s1. The highest BCUT2D eigenvalue weighted by molar-refractivity contribution is 6.06. The molecule has 0 aliphatic rings. The number of amides is 2. The molecule has 0 heterocycles. The molecule has 136 valence electrons. The topological polar surface area (TPSA) is 95.5 Å². The fourth-order valence-corrected chi connectivity index (χ4v) is 1.95. The van der Waals surface area contributed by atoms with E-state index in [2.05, 4.69) is 10.6 Å². The molecule has 3 N–H and O–H groups in total. The Morgan fingerprint density at radius 1 is 0.923 bits per heavy atom. The van der Waals surface area contributed by atoms with Crippen LogP contribution in [0.5, 0.6) is 0 Å². The van der Waals surface area contributed by atoms with E-state index in [0.717, 1.165) is 36.4 Å². The molecule has 2 aromatic carbocycles. The van der Waals surface area contributed by atoms with Gasteiger partial charge < -0.3 is 15.7 Å². The molecule has 2 aromatic rings. The van der Waals surface area contributed by atoms with Gasteiger partial charge >= 0.3 is 5.97 Å². The smallest absolute Gasteiger partial charge is 0.325 e. The quantitative estimate of drug-likeness (QED) is 0.758. The number of carboxylic acids is 1. The average molecular weight is 366 g/mol. The Labute approximate surface area is 145 Å². The van der Waals surface area contributed by atoms with Gasteiger partial charge in [-0.3, -0.25) is 14.4 Å². The summed E-state index contributed by atoms with van der Waals surface area (Å²) in [6.07, 6.45) is 0. The number of carbonyl (C=O) groups is 3. The zero-order chi connectivity index (χ0) is 19.4. The van der Waals surface area contributed by atoms with E-state index in [0.29, 0.717) is 0 Å². The lowest BCUT2D eigenvalue weighted by Crippen LogP contribution is -2.38. The number of hydrogen-bond acceptors (Lipinski definition) is 3. The van der Waals surface area contributed by atoms with Crippen LogP contribution in [0.25, 0.3) is 0 Å². The highest BCUT2D eigenvalue weighted by Gasteiger charge is 2.20. The fourth-order valence-electron chi connectivity index (χ4n) is 1.95. The van der Waals surface area contributed by atoms with Gasteiger partial charge in [-0.15, -0.1) is 0 Å². The fraction of sp³-hybridized carbons (Fsp3) is 0.118. The van der Waals surface area contributed by atoms with Crippen LogP contribution in [-0.4, -0.2) is 28.9 Å². The first kappa shape index (κ1) is 19.0. The molecule has 0 spiro atoms. The van der Waals surface area contributed by atoms with Crippen LogP contribution >= 0.6 is 0 Å². The van der Waals surface area contributed by atoms with Gasteiger partial charge in [-0.2, -0.15) is 0 Å². The highest BCUT2D eigenvalue weighted by atomic mass is 19.2. The van der Waals surface area contributed by atoms with E-state index in [9.17, 15) is 27.6 Å². The number of rotatable bonds is 5. The van der Waals surface area contributed by atoms with Gasteiger partial charge in [-0.05, 0) is 37.3 Å². The largest absolute Gasteiger partial charge is 0.480 e. The normalized spacial score (nSPS) is 11.5. The van der Waals surface area contributed by atoms with E-state index in [-0.39, 0.29) is 11.3 Å². The van der Waals surface area contributed by atoms with E-state index >= 15 is 0 Å². The van der Waals surface area contributed by atoms with E-state index in [1.54, 1.807) is 0 Å². The third-order valence-electron chi connectivity index (χ3n) is 3.37. The Hall–Kier alpha value is -3.36. The minimum atomic E-state index is -1.31. The third kappa shape index (κ3) is 4.38. The number of nitrogens with one attached hydrogen (secondary N) is 2. The zero-order valence-electron chi connectivity index (χ0n) is 13.3. The molecule has 0 unspecified atom stereocenters. The van der Waals surface area contributed by atoms with Gasteiger partial charge in [0.2, 0.25) is 0 Å². The highest BCUT2D eigenvalue weighted by Crippen LogP contribution is 2.16. The van der Waals surface area contributed by atoms with Crippen LogP contribution in [0.4, 0.5) is 18.9 Å². The van der Waals surface area contributed by atoms with E-state index < -0.39 is 46.8 Å². The summed E-state index contributed by atoms with van der Waals surface area (Å²) in [5.74, 6) is -6.33. The maximum absolute atomic E-state index is 13.8. The molecule has 0 saturated heterocycles. The number of benzene rings is 2. The first-order chi connectivity index (χ1) is 12.2. The van der Waals surface area contributed by atoms with Crippen molar-refractivity contribution in [3.63, 3.8) is 0 Å². The second kappa shape index (κ2) is 7.68. The Morgan fingerprint density at radius 2 is 1.58 bits per heavy atom. The lowest BCUT2D eigenvalue weighted by molar-refractivity contribution is -0.138. The van der Waals surface area contributed by atoms with Gasteiger partial charge in [0.25, 0.3) is 11.8 Å². The molecule has 0 aromatic heterocycles. The molecule has 2 amide bonds. The molecule has 26 heavy (non-hydrogen) atoms. The van der Waals surface area contributed by atoms with Gasteiger partial charge in [-0.1, -0.05) is 0 Å². The monoisotopic (exact) mass is 366 g/mol. The van der Waals surface area contributed by atoms with Gasteiger partial charge in [-0.25, -0.2) is 13.2 Å². The lowest BCUT2D eigenvalue weighted by Gasteiger charge is -2.11. The average Bonchev–Trinajstić information content (AvgIpc) is 2.58. The van der Waals surface area contributed by atoms with Gasteiger partial charge in [0.15, 0.2) is 11.6 Å². The van der Waals surface area contributed by atoms with Crippen LogP contribution in [0.15, 0.2) is 36.4 Å². The molecule has 1 atom stereocenters. The number of halogens is 3. The van der Waals surface area contributed by atoms with Gasteiger partial charge in [0, 0.05) is 17.3 Å². The summed E-state index contributed by atoms with van der Waals surface area (Å²) < 4.78 is 39.9. The van der Waals surface area contributed by atoms with Crippen molar-refractivity contribution in [1.29, 1.82) is 0 Å². The van der Waals surface area contributed by atoms with Crippen LogP contribution in [0.2, 0.25) is 0 Å². The number of hydrogen-bond donors (Lipinski definition) is 3. The van der Waals surface area contributed by atoms with Crippen molar-refractivity contribution in [3.05, 3.63) is 65.0 Å². The van der Waals surface area contributed by atoms with Crippen molar-refractivity contribution in [2.45, 2.75) is 13.0 Å². The molecule has 0 saturated carbocycles. The Morgan fingerprint density at radius 3 is 2.19 bits per heavy atom. The molecule has 6 nitrogen and oxygen atoms in total. The second-order valence-corrected chi connectivity index (χ2v) is 5.31. The van der Waals surface area contributed by atoms with Crippen LogP contribution in [-0.2, 0) is 4.79 Å². The summed E-state index contributed by atoms with van der Waals surface area (Å²) >= 11 is 0. The molecular formula is C17H13F3N2O4. The second-order valence-electron chi connectivity index (χ2n) is 5.31. The van der Waals surface area contributed by atoms with Crippen molar-refractivity contribution in [2.75, 3.05) is 5.32 Å². The van der Waals surface area contributed by atoms with Crippen LogP contribution in [0.1, 0.15) is 27.6 Å². The number of carboxylic acid groups (broad SMARTS) is 1. The Kier molecular flexibility index (Phi) is 5.61. The number of anilines is 1. The van der Waals surface area contributed by atoms with Crippen LogP contribution in [0.3, 0.4) is 0 Å². The molecule has 0 aliphatic heterocycles. The minimum Gasteiger partial charge on any atom is -0.480 e. The van der Waals surface area contributed by atoms with Crippen LogP contribution in [0, 0.1) is 17.5 Å². The molecule has 0 bridgehead atoms. The molecule has 0 fully saturated rings. The van der Waals surface area contributed by atoms with Crippen molar-refractivity contribution in [2.24, 2.45) is 0 Å². The molecule has 9 heteroatoms. The molecule has 0 aliphatic carbocycles. The predicted octanol–water partition coefficient (Wildman–Crippen LogP) is 2.56. The SMILES string of the molecule is C[C@@H](NC(=O)c1cc(C(=O)Nc2ccc(F)c(F)c2)ccc1F)C(=O)O. The maximum Gasteiger partial charge on any atom is 0.325 e. The summed E-state index contributed by atoms with van der Waals surface area (Å²) in [7, 11) is 0. The zero-order valence-corrected chi connectivity index (χ0v) is 13.3. The molecular weight excluding hydrogens is 353 g/mol. The van der Waals surface area contributed by atoms with Crippen LogP contribution < -0.4 is 10.6 Å². The van der Waals surface area contributed by atoms with Crippen molar-refractivity contribution >= 4 is 23.5 Å². The predicted molar refractivity (Wildman–Crippen MR) is 85.3 cm³/mol. The van der Waals surface area contributed by atoms with Gasteiger partial charge in [0.1, 0.15) is 11.9 Å². The summed E-state index contributed by atoms with van der Waals surface area (Å²) in [5, 5.41) is 13.1. The summed E-state index contributed by atoms with van der Waals surface area (Å²) in [5.41, 5.74) is -0.705. The minimum absolute atomic E-state index is 0.0382. The van der Waals surface area contributed by atoms with E-state index in [1.165, 1.54) is 6.92 Å². The molecule has 2 rings (SSSR count). The van der Waals surface area contributed by atoms with Crippen molar-refractivity contribution in [1.82, 2.24) is 5.32 Å². The van der Waals surface area contributed by atoms with Gasteiger partial charge in [0.05, 0.1) is 5.56 Å². The van der Waals surface area contributed by atoms with E-state index in [1.807, 2.05) is 0 Å². The van der Waals surface area contributed by atoms with E-state index in [4.69, 9.17) is 5.11 Å². The third-order valence-corrected chi connectivity index (χ3v) is 3.37.